The van der Waals surface area contributed by atoms with Crippen molar-refractivity contribution in [3.8, 4) is 5.75 Å². The van der Waals surface area contributed by atoms with Gasteiger partial charge in [0.1, 0.15) is 5.75 Å². The fourth-order valence-corrected chi connectivity index (χ4v) is 1.32. The molecule has 0 aliphatic heterocycles. The smallest absolute Gasteiger partial charge is 0.433 e. The van der Waals surface area contributed by atoms with Crippen molar-refractivity contribution in [3.05, 3.63) is 29.8 Å². The lowest BCUT2D eigenvalue weighted by Crippen LogP contribution is -2.49. The fraction of sp³-hybridized carbons (Fsp3) is 0.364. The van der Waals surface area contributed by atoms with E-state index in [4.69, 9.17) is 9.84 Å². The van der Waals surface area contributed by atoms with Gasteiger partial charge in [0.05, 0.1) is 7.11 Å². The summed E-state index contributed by atoms with van der Waals surface area (Å²) in [7, 11) is 1.36. The van der Waals surface area contributed by atoms with Gasteiger partial charge in [-0.3, -0.25) is 0 Å². The van der Waals surface area contributed by atoms with Gasteiger partial charge in [-0.05, 0) is 17.7 Å². The maximum atomic E-state index is 13.5. The second kappa shape index (κ2) is 4.83. The molecule has 7 heteroatoms. The Balaban J connectivity index is 3.01. The van der Waals surface area contributed by atoms with Crippen molar-refractivity contribution in [1.82, 2.24) is 0 Å². The molecule has 0 radical (unpaired) electrons. The van der Waals surface area contributed by atoms with Gasteiger partial charge in [0.25, 0.3) is 0 Å². The molecule has 1 atom stereocenters. The number of rotatable bonds is 4. The van der Waals surface area contributed by atoms with Crippen LogP contribution in [0.4, 0.5) is 17.6 Å². The maximum Gasteiger partial charge on any atom is 0.433 e. The van der Waals surface area contributed by atoms with Crippen LogP contribution in [0.2, 0.25) is 0 Å². The number of methoxy groups -OCH3 is 1. The van der Waals surface area contributed by atoms with Crippen molar-refractivity contribution in [3.63, 3.8) is 0 Å². The number of hydrogen-bond donors (Lipinski definition) is 1. The normalized spacial score (nSPS) is 14.9. The number of ether oxygens (including phenoxy) is 1. The summed E-state index contributed by atoms with van der Waals surface area (Å²) < 4.78 is 55.5. The van der Waals surface area contributed by atoms with Crippen LogP contribution in [0, 0.1) is 0 Å². The molecule has 1 rings (SSSR count). The number of halogens is 4. The predicted octanol–water partition coefficient (Wildman–Crippen LogP) is 2.59. The molecule has 3 nitrogen and oxygen atoms in total. The number of benzene rings is 1. The summed E-state index contributed by atoms with van der Waals surface area (Å²) in [6.45, 7) is 0. The van der Waals surface area contributed by atoms with E-state index in [1.54, 1.807) is 0 Å². The first-order valence-electron chi connectivity index (χ1n) is 4.82. The van der Waals surface area contributed by atoms with Gasteiger partial charge in [-0.1, -0.05) is 12.1 Å². The van der Waals surface area contributed by atoms with E-state index < -0.39 is 24.2 Å². The third-order valence-corrected chi connectivity index (χ3v) is 2.40. The molecule has 0 heterocycles. The second-order valence-corrected chi connectivity index (χ2v) is 3.63. The monoisotopic (exact) mass is 266 g/mol. The van der Waals surface area contributed by atoms with Crippen LogP contribution >= 0.6 is 0 Å². The Labute approximate surface area is 100.0 Å². The average molecular weight is 266 g/mol. The quantitative estimate of drug-likeness (QED) is 0.852. The van der Waals surface area contributed by atoms with E-state index in [-0.39, 0.29) is 5.56 Å². The van der Waals surface area contributed by atoms with Crippen molar-refractivity contribution >= 4 is 5.97 Å². The van der Waals surface area contributed by atoms with E-state index in [0.717, 1.165) is 0 Å². The van der Waals surface area contributed by atoms with Crippen LogP contribution in [0.15, 0.2) is 24.3 Å². The standard InChI is InChI=1S/C11H10F4O3/c1-18-8-4-2-7(3-5-8)6-10(12,9(16)17)11(13,14)15/h2-5H,6H2,1H3,(H,16,17). The summed E-state index contributed by atoms with van der Waals surface area (Å²) in [6.07, 6.45) is -6.76. The zero-order valence-electron chi connectivity index (χ0n) is 9.29. The van der Waals surface area contributed by atoms with Crippen LogP contribution in [-0.2, 0) is 11.2 Å². The maximum absolute atomic E-state index is 13.5. The van der Waals surface area contributed by atoms with E-state index in [2.05, 4.69) is 0 Å². The fourth-order valence-electron chi connectivity index (χ4n) is 1.32. The third kappa shape index (κ3) is 2.72. The summed E-state index contributed by atoms with van der Waals surface area (Å²) in [5.41, 5.74) is -4.38. The van der Waals surface area contributed by atoms with Crippen LogP contribution in [0.1, 0.15) is 5.56 Å². The topological polar surface area (TPSA) is 46.5 Å². The van der Waals surface area contributed by atoms with Gasteiger partial charge in [0.15, 0.2) is 0 Å². The van der Waals surface area contributed by atoms with E-state index in [1.165, 1.54) is 31.4 Å². The number of hydrogen-bond acceptors (Lipinski definition) is 2. The lowest BCUT2D eigenvalue weighted by Gasteiger charge is -2.23. The molecule has 1 N–H and O–H groups in total. The molecule has 1 unspecified atom stereocenters. The van der Waals surface area contributed by atoms with Gasteiger partial charge in [-0.2, -0.15) is 13.2 Å². The number of carbonyl (C=O) groups is 1. The average Bonchev–Trinajstić information content (AvgIpc) is 2.28. The summed E-state index contributed by atoms with van der Waals surface area (Å²) in [5.74, 6) is -2.17. The van der Waals surface area contributed by atoms with Gasteiger partial charge in [-0.15, -0.1) is 0 Å². The Morgan fingerprint density at radius 1 is 1.22 bits per heavy atom. The molecule has 0 saturated heterocycles. The summed E-state index contributed by atoms with van der Waals surface area (Å²) >= 11 is 0. The zero-order chi connectivity index (χ0) is 14.0. The van der Waals surface area contributed by atoms with Crippen molar-refractivity contribution in [1.29, 1.82) is 0 Å². The number of aliphatic carboxylic acids is 1. The first-order chi connectivity index (χ1) is 8.20. The van der Waals surface area contributed by atoms with Crippen molar-refractivity contribution in [2.24, 2.45) is 0 Å². The Hall–Kier alpha value is -1.79. The van der Waals surface area contributed by atoms with Crippen LogP contribution in [0.5, 0.6) is 5.75 Å². The molecule has 1 aromatic carbocycles. The first kappa shape index (κ1) is 14.3. The number of carboxylic acid groups (broad SMARTS) is 1. The van der Waals surface area contributed by atoms with Crippen LogP contribution < -0.4 is 4.74 Å². The Morgan fingerprint density at radius 3 is 2.06 bits per heavy atom. The lowest BCUT2D eigenvalue weighted by atomic mass is 9.95. The van der Waals surface area contributed by atoms with Crippen molar-refractivity contribution in [2.75, 3.05) is 7.11 Å². The van der Waals surface area contributed by atoms with Gasteiger partial charge < -0.3 is 9.84 Å². The Bertz CT molecular complexity index is 427. The van der Waals surface area contributed by atoms with Crippen molar-refractivity contribution in [2.45, 2.75) is 18.3 Å². The molecule has 0 amide bonds. The SMILES string of the molecule is COc1ccc(CC(F)(C(=O)O)C(F)(F)F)cc1. The van der Waals surface area contributed by atoms with Crippen LogP contribution in [0.25, 0.3) is 0 Å². The lowest BCUT2D eigenvalue weighted by molar-refractivity contribution is -0.235. The predicted molar refractivity (Wildman–Crippen MR) is 54.2 cm³/mol. The highest BCUT2D eigenvalue weighted by atomic mass is 19.4. The van der Waals surface area contributed by atoms with E-state index in [9.17, 15) is 22.4 Å². The highest BCUT2D eigenvalue weighted by Gasteiger charge is 2.62. The second-order valence-electron chi connectivity index (χ2n) is 3.63. The Morgan fingerprint density at radius 2 is 1.72 bits per heavy atom. The molecule has 0 fully saturated rings. The van der Waals surface area contributed by atoms with E-state index >= 15 is 0 Å². The molecule has 100 valence electrons. The van der Waals surface area contributed by atoms with Gasteiger partial charge >= 0.3 is 17.8 Å². The summed E-state index contributed by atoms with van der Waals surface area (Å²) in [6, 6.07) is 5.02. The minimum absolute atomic E-state index is 0.0852. The van der Waals surface area contributed by atoms with Gasteiger partial charge in [0.2, 0.25) is 0 Å². The molecule has 0 aliphatic rings. The number of carboxylic acids is 1. The molecule has 0 aliphatic carbocycles. The van der Waals surface area contributed by atoms with Crippen LogP contribution in [0.3, 0.4) is 0 Å². The zero-order valence-corrected chi connectivity index (χ0v) is 9.29. The molecule has 18 heavy (non-hydrogen) atoms. The molecule has 1 aromatic rings. The molecule has 0 bridgehead atoms. The molecule has 0 saturated carbocycles. The molecule has 0 aromatic heterocycles. The highest BCUT2D eigenvalue weighted by Crippen LogP contribution is 2.37. The van der Waals surface area contributed by atoms with E-state index in [1.807, 2.05) is 0 Å². The minimum atomic E-state index is -5.47. The van der Waals surface area contributed by atoms with Crippen LogP contribution in [-0.4, -0.2) is 30.0 Å². The first-order valence-corrected chi connectivity index (χ1v) is 4.82. The summed E-state index contributed by atoms with van der Waals surface area (Å²) in [4.78, 5) is 10.5. The minimum Gasteiger partial charge on any atom is -0.497 e. The highest BCUT2D eigenvalue weighted by molar-refractivity contribution is 5.79. The largest absolute Gasteiger partial charge is 0.497 e. The number of alkyl halides is 4. The molecular weight excluding hydrogens is 256 g/mol. The van der Waals surface area contributed by atoms with Crippen molar-refractivity contribution < 1.29 is 32.2 Å². The van der Waals surface area contributed by atoms with Gasteiger partial charge in [0, 0.05) is 6.42 Å². The molecular formula is C11H10F4O3. The van der Waals surface area contributed by atoms with Gasteiger partial charge in [-0.25, -0.2) is 9.18 Å². The Kier molecular flexibility index (Phi) is 3.83. The summed E-state index contributed by atoms with van der Waals surface area (Å²) in [5, 5.41) is 8.41. The van der Waals surface area contributed by atoms with E-state index in [0.29, 0.717) is 5.75 Å². The molecule has 0 spiro atoms. The third-order valence-electron chi connectivity index (χ3n) is 2.40.